The van der Waals surface area contributed by atoms with Crippen LogP contribution in [-0.4, -0.2) is 35.6 Å². The smallest absolute Gasteiger partial charge is 0.187 e. The van der Waals surface area contributed by atoms with Crippen molar-refractivity contribution in [3.05, 3.63) is 52.4 Å². The van der Waals surface area contributed by atoms with Crippen molar-refractivity contribution in [2.75, 3.05) is 29.6 Å². The van der Waals surface area contributed by atoms with E-state index in [4.69, 9.17) is 0 Å². The number of carbonyl (C=O) groups is 1. The average Bonchev–Trinajstić information content (AvgIpc) is 3.42. The SMILES string of the molecule is CN1C(=C(C#N)C(=O)CSc2ncnc3sc4c(c23)CCC4)N(C)c2ccccc21. The zero-order chi connectivity index (χ0) is 20.8. The number of nitrogens with zero attached hydrogens (tertiary/aromatic N) is 5. The maximum absolute atomic E-state index is 13.1. The molecule has 0 spiro atoms. The Kier molecular flexibility index (Phi) is 4.72. The molecular weight excluding hydrogens is 414 g/mol. The minimum absolute atomic E-state index is 0.168. The van der Waals surface area contributed by atoms with Crippen molar-refractivity contribution in [1.29, 1.82) is 5.26 Å². The zero-order valence-electron chi connectivity index (χ0n) is 16.7. The summed E-state index contributed by atoms with van der Waals surface area (Å²) in [5.74, 6) is 0.595. The van der Waals surface area contributed by atoms with Gasteiger partial charge in [0.25, 0.3) is 0 Å². The molecular formula is C22H19N5OS2. The first kappa shape index (κ1) is 19.1. The van der Waals surface area contributed by atoms with Gasteiger partial charge in [-0.15, -0.1) is 11.3 Å². The maximum Gasteiger partial charge on any atom is 0.187 e. The summed E-state index contributed by atoms with van der Waals surface area (Å²) in [6.45, 7) is 0. The first-order valence-electron chi connectivity index (χ1n) is 9.72. The Hall–Kier alpha value is -2.89. The van der Waals surface area contributed by atoms with E-state index in [0.717, 1.165) is 39.5 Å². The minimum Gasteiger partial charge on any atom is -0.328 e. The van der Waals surface area contributed by atoms with Gasteiger partial charge in [0.15, 0.2) is 5.78 Å². The van der Waals surface area contributed by atoms with Gasteiger partial charge >= 0.3 is 0 Å². The Morgan fingerprint density at radius 1 is 1.20 bits per heavy atom. The van der Waals surface area contributed by atoms with E-state index in [1.165, 1.54) is 28.6 Å². The number of nitriles is 1. The van der Waals surface area contributed by atoms with Crippen LogP contribution in [0.1, 0.15) is 16.9 Å². The number of fused-ring (bicyclic) bond motifs is 4. The van der Waals surface area contributed by atoms with Crippen LogP contribution in [0.5, 0.6) is 0 Å². The highest BCUT2D eigenvalue weighted by Crippen LogP contribution is 2.42. The highest BCUT2D eigenvalue weighted by Gasteiger charge is 2.31. The number of anilines is 2. The Morgan fingerprint density at radius 2 is 1.93 bits per heavy atom. The van der Waals surface area contributed by atoms with Gasteiger partial charge in [0, 0.05) is 24.4 Å². The second-order valence-corrected chi connectivity index (χ2v) is 9.39. The van der Waals surface area contributed by atoms with E-state index >= 15 is 0 Å². The molecule has 0 radical (unpaired) electrons. The van der Waals surface area contributed by atoms with Gasteiger partial charge in [-0.1, -0.05) is 23.9 Å². The highest BCUT2D eigenvalue weighted by atomic mass is 32.2. The molecule has 30 heavy (non-hydrogen) atoms. The quantitative estimate of drug-likeness (QED) is 0.265. The molecule has 0 bridgehead atoms. The predicted molar refractivity (Wildman–Crippen MR) is 121 cm³/mol. The number of benzene rings is 1. The summed E-state index contributed by atoms with van der Waals surface area (Å²) in [6, 6.07) is 10.0. The van der Waals surface area contributed by atoms with Crippen molar-refractivity contribution < 1.29 is 4.79 Å². The molecule has 1 aliphatic carbocycles. The number of aryl methyl sites for hydroxylation is 2. The normalized spacial score (nSPS) is 14.8. The third kappa shape index (κ3) is 2.89. The Labute approximate surface area is 182 Å². The summed E-state index contributed by atoms with van der Waals surface area (Å²) in [5, 5.41) is 11.8. The van der Waals surface area contributed by atoms with E-state index in [1.807, 2.05) is 48.2 Å². The summed E-state index contributed by atoms with van der Waals surface area (Å²) in [5.41, 5.74) is 3.48. The second-order valence-electron chi connectivity index (χ2n) is 7.35. The lowest BCUT2D eigenvalue weighted by atomic mass is 10.2. The number of para-hydroxylation sites is 2. The summed E-state index contributed by atoms with van der Waals surface area (Å²) < 4.78 is 0. The van der Waals surface area contributed by atoms with E-state index in [9.17, 15) is 10.1 Å². The van der Waals surface area contributed by atoms with Gasteiger partial charge in [-0.05, 0) is 37.0 Å². The monoisotopic (exact) mass is 433 g/mol. The number of carbonyl (C=O) groups excluding carboxylic acids is 1. The number of Topliss-reactive ketones (excluding diaryl/α,β-unsaturated/α-hetero) is 1. The molecule has 0 saturated carbocycles. The molecule has 0 atom stereocenters. The highest BCUT2D eigenvalue weighted by molar-refractivity contribution is 8.00. The second kappa shape index (κ2) is 7.42. The third-order valence-corrected chi connectivity index (χ3v) is 7.85. The van der Waals surface area contributed by atoms with Gasteiger partial charge in [-0.3, -0.25) is 4.79 Å². The lowest BCUT2D eigenvalue weighted by Gasteiger charge is -2.19. The summed E-state index contributed by atoms with van der Waals surface area (Å²) in [4.78, 5) is 28.2. The first-order chi connectivity index (χ1) is 14.6. The first-order valence-corrected chi connectivity index (χ1v) is 11.5. The van der Waals surface area contributed by atoms with Crippen molar-refractivity contribution in [3.63, 3.8) is 0 Å². The van der Waals surface area contributed by atoms with Gasteiger partial charge in [0.2, 0.25) is 0 Å². The standard InChI is InChI=1S/C22H19N5OS2/c1-26-15-7-3-4-8-16(15)27(2)22(26)14(10-23)17(28)11-29-20-19-13-6-5-9-18(13)30-21(19)25-12-24-20/h3-4,7-8,12H,5-6,9,11H2,1-2H3. The molecule has 3 aromatic rings. The van der Waals surface area contributed by atoms with E-state index in [-0.39, 0.29) is 17.1 Å². The molecule has 5 rings (SSSR count). The molecule has 0 saturated heterocycles. The summed E-state index contributed by atoms with van der Waals surface area (Å²) >= 11 is 3.14. The van der Waals surface area contributed by atoms with Crippen LogP contribution in [-0.2, 0) is 17.6 Å². The Morgan fingerprint density at radius 3 is 2.63 bits per heavy atom. The fourth-order valence-corrected chi connectivity index (χ4v) is 6.46. The summed E-state index contributed by atoms with van der Waals surface area (Å²) in [6.07, 6.45) is 4.88. The topological polar surface area (TPSA) is 73.1 Å². The summed E-state index contributed by atoms with van der Waals surface area (Å²) in [7, 11) is 3.77. The van der Waals surface area contributed by atoms with Crippen molar-refractivity contribution in [2.45, 2.75) is 24.3 Å². The van der Waals surface area contributed by atoms with E-state index < -0.39 is 0 Å². The molecule has 0 unspecified atom stereocenters. The molecule has 0 fully saturated rings. The maximum atomic E-state index is 13.1. The third-order valence-electron chi connectivity index (χ3n) is 5.66. The van der Waals surface area contributed by atoms with Crippen molar-refractivity contribution >= 4 is 50.5 Å². The van der Waals surface area contributed by atoms with Gasteiger partial charge in [0.05, 0.1) is 17.1 Å². The van der Waals surface area contributed by atoms with Crippen LogP contribution in [0.4, 0.5) is 11.4 Å². The van der Waals surface area contributed by atoms with E-state index in [0.29, 0.717) is 5.82 Å². The molecule has 3 heterocycles. The molecule has 0 N–H and O–H groups in total. The fraction of sp³-hybridized carbons (Fsp3) is 0.273. The lowest BCUT2D eigenvalue weighted by Crippen LogP contribution is -2.26. The van der Waals surface area contributed by atoms with Crippen LogP contribution in [0.25, 0.3) is 10.2 Å². The van der Waals surface area contributed by atoms with Crippen LogP contribution in [0.2, 0.25) is 0 Å². The molecule has 150 valence electrons. The van der Waals surface area contributed by atoms with Crippen LogP contribution >= 0.6 is 23.1 Å². The van der Waals surface area contributed by atoms with Gasteiger partial charge in [-0.25, -0.2) is 9.97 Å². The fourth-order valence-electron chi connectivity index (χ4n) is 4.27. The minimum atomic E-state index is -0.192. The number of rotatable bonds is 4. The lowest BCUT2D eigenvalue weighted by molar-refractivity contribution is -0.112. The largest absolute Gasteiger partial charge is 0.328 e. The van der Waals surface area contributed by atoms with Crippen LogP contribution in [0.15, 0.2) is 47.0 Å². The van der Waals surface area contributed by atoms with Crippen LogP contribution < -0.4 is 9.80 Å². The predicted octanol–water partition coefficient (Wildman–Crippen LogP) is 4.16. The van der Waals surface area contributed by atoms with Crippen molar-refractivity contribution in [1.82, 2.24) is 9.97 Å². The van der Waals surface area contributed by atoms with Crippen molar-refractivity contribution in [3.8, 4) is 6.07 Å². The zero-order valence-corrected chi connectivity index (χ0v) is 18.3. The van der Waals surface area contributed by atoms with Gasteiger partial charge in [-0.2, -0.15) is 5.26 Å². The van der Waals surface area contributed by atoms with Gasteiger partial charge < -0.3 is 9.80 Å². The molecule has 8 heteroatoms. The number of aromatic nitrogens is 2. The van der Waals surface area contributed by atoms with Crippen LogP contribution in [0.3, 0.4) is 0 Å². The van der Waals surface area contributed by atoms with E-state index in [1.54, 1.807) is 17.7 Å². The Balaban J connectivity index is 1.44. The molecule has 2 aliphatic rings. The molecule has 1 aliphatic heterocycles. The average molecular weight is 434 g/mol. The van der Waals surface area contributed by atoms with Crippen LogP contribution in [0, 0.1) is 11.3 Å². The molecule has 6 nitrogen and oxygen atoms in total. The molecule has 0 amide bonds. The number of thiophene rings is 1. The van der Waals surface area contributed by atoms with E-state index in [2.05, 4.69) is 16.0 Å². The van der Waals surface area contributed by atoms with Gasteiger partial charge in [0.1, 0.15) is 33.6 Å². The Bertz CT molecular complexity index is 1230. The van der Waals surface area contributed by atoms with Crippen molar-refractivity contribution in [2.24, 2.45) is 0 Å². The number of allylic oxidation sites excluding steroid dienone is 1. The molecule has 1 aromatic carbocycles. The number of hydrogen-bond donors (Lipinski definition) is 0. The number of hydrogen-bond acceptors (Lipinski definition) is 8. The number of ketones is 1. The number of thioether (sulfide) groups is 1. The molecule has 2 aromatic heterocycles.